The molecule has 2 unspecified atom stereocenters. The molecule has 55 heavy (non-hydrogen) atoms. The number of amides is 3. The lowest BCUT2D eigenvalue weighted by Gasteiger charge is -2.37. The van der Waals surface area contributed by atoms with Crippen molar-refractivity contribution >= 4 is 29.4 Å². The first-order valence-corrected chi connectivity index (χ1v) is 20.4. The number of hydrogen-bond donors (Lipinski definition) is 1. The standard InChI is InChI=1S/C44H64N6O5/c1-31(2)38(47(7)43(53)40(32(3)4)45-41(51)36-21-14-15-23-46(36)6)29-33(5)42(52)50-24-16-22-37(50)44(54)55-39(34-17-10-8-11-18-34)30-48-25-27-49(28-26-48)35-19-12-9-13-20-35/h8-13,17-20,29,31-32,36-40H,14-16,21-28,30H2,1-7H3,(H,45,51)/t36-,37+,38?,39?,40+/m1/s1. The van der Waals surface area contributed by atoms with Crippen LogP contribution in [-0.2, 0) is 23.9 Å². The van der Waals surface area contributed by atoms with E-state index in [2.05, 4.69) is 44.3 Å². The van der Waals surface area contributed by atoms with Gasteiger partial charge in [-0.2, -0.15) is 0 Å². The van der Waals surface area contributed by atoms with Crippen molar-refractivity contribution in [2.45, 2.75) is 97.0 Å². The fourth-order valence-electron chi connectivity index (χ4n) is 8.26. The highest BCUT2D eigenvalue weighted by molar-refractivity contribution is 5.96. The second kappa shape index (κ2) is 19.6. The zero-order valence-corrected chi connectivity index (χ0v) is 34.2. The van der Waals surface area contributed by atoms with Crippen LogP contribution in [-0.4, -0.2) is 127 Å². The lowest BCUT2D eigenvalue weighted by molar-refractivity contribution is -0.158. The molecule has 3 amide bonds. The average Bonchev–Trinajstić information content (AvgIpc) is 3.69. The largest absolute Gasteiger partial charge is 0.455 e. The van der Waals surface area contributed by atoms with Crippen LogP contribution in [0.5, 0.6) is 0 Å². The number of para-hydroxylation sites is 1. The van der Waals surface area contributed by atoms with Gasteiger partial charge < -0.3 is 24.8 Å². The first kappa shape index (κ1) is 41.9. The molecule has 2 aromatic carbocycles. The zero-order chi connectivity index (χ0) is 39.6. The lowest BCUT2D eigenvalue weighted by Crippen LogP contribution is -2.57. The van der Waals surface area contributed by atoms with Gasteiger partial charge in [0.1, 0.15) is 18.2 Å². The number of rotatable bonds is 14. The molecule has 3 heterocycles. The molecule has 3 fully saturated rings. The molecule has 5 rings (SSSR count). The number of likely N-dealkylation sites (tertiary alicyclic amines) is 2. The molecule has 5 atom stereocenters. The number of nitrogens with zero attached hydrogens (tertiary/aromatic N) is 5. The number of anilines is 1. The van der Waals surface area contributed by atoms with Gasteiger partial charge in [0.05, 0.1) is 12.1 Å². The Morgan fingerprint density at radius 1 is 0.818 bits per heavy atom. The monoisotopic (exact) mass is 756 g/mol. The van der Waals surface area contributed by atoms with E-state index in [1.54, 1.807) is 23.8 Å². The molecule has 0 saturated carbocycles. The van der Waals surface area contributed by atoms with Gasteiger partial charge in [-0.25, -0.2) is 4.79 Å². The van der Waals surface area contributed by atoms with E-state index in [-0.39, 0.29) is 41.6 Å². The molecular weight excluding hydrogens is 693 g/mol. The highest BCUT2D eigenvalue weighted by atomic mass is 16.5. The van der Waals surface area contributed by atoms with Gasteiger partial charge >= 0.3 is 5.97 Å². The van der Waals surface area contributed by atoms with E-state index in [0.717, 1.165) is 57.5 Å². The third kappa shape index (κ3) is 10.8. The summed E-state index contributed by atoms with van der Waals surface area (Å²) in [7, 11) is 3.71. The van der Waals surface area contributed by atoms with Gasteiger partial charge in [0.15, 0.2) is 0 Å². The first-order valence-electron chi connectivity index (χ1n) is 20.4. The average molecular weight is 757 g/mol. The van der Waals surface area contributed by atoms with E-state index in [9.17, 15) is 19.2 Å². The normalized spacial score (nSPS) is 21.7. The number of benzene rings is 2. The highest BCUT2D eigenvalue weighted by Gasteiger charge is 2.39. The molecule has 1 N–H and O–H groups in total. The maximum atomic E-state index is 14.1. The summed E-state index contributed by atoms with van der Waals surface area (Å²) in [4.78, 5) is 65.5. The van der Waals surface area contributed by atoms with E-state index in [1.165, 1.54) is 5.69 Å². The summed E-state index contributed by atoms with van der Waals surface area (Å²) >= 11 is 0. The predicted octanol–water partition coefficient (Wildman–Crippen LogP) is 5.14. The van der Waals surface area contributed by atoms with Crippen molar-refractivity contribution in [2.24, 2.45) is 11.8 Å². The Balaban J connectivity index is 1.24. The Kier molecular flexibility index (Phi) is 14.9. The first-order chi connectivity index (χ1) is 26.3. The molecule has 0 aliphatic carbocycles. The summed E-state index contributed by atoms with van der Waals surface area (Å²) in [5, 5.41) is 3.07. The van der Waals surface area contributed by atoms with Crippen molar-refractivity contribution < 1.29 is 23.9 Å². The molecule has 300 valence electrons. The molecule has 3 aliphatic rings. The Labute approximate surface area is 329 Å². The predicted molar refractivity (Wildman–Crippen MR) is 217 cm³/mol. The van der Waals surface area contributed by atoms with Gasteiger partial charge in [-0.3, -0.25) is 24.2 Å². The minimum atomic E-state index is -0.693. The van der Waals surface area contributed by atoms with Crippen LogP contribution in [0.15, 0.2) is 72.3 Å². The number of carbonyl (C=O) groups is 4. The molecule has 0 spiro atoms. The lowest BCUT2D eigenvalue weighted by atomic mass is 9.96. The highest BCUT2D eigenvalue weighted by Crippen LogP contribution is 2.27. The van der Waals surface area contributed by atoms with Crippen LogP contribution in [0.4, 0.5) is 5.69 Å². The van der Waals surface area contributed by atoms with Crippen LogP contribution >= 0.6 is 0 Å². The number of esters is 1. The Bertz CT molecular complexity index is 1610. The summed E-state index contributed by atoms with van der Waals surface area (Å²) in [6.07, 6.45) is 5.46. The van der Waals surface area contributed by atoms with Gasteiger partial charge in [-0.1, -0.05) is 88.7 Å². The Morgan fingerprint density at radius 3 is 2.07 bits per heavy atom. The molecule has 0 aromatic heterocycles. The van der Waals surface area contributed by atoms with Gasteiger partial charge in [-0.15, -0.1) is 0 Å². The second-order valence-electron chi connectivity index (χ2n) is 16.4. The third-order valence-electron chi connectivity index (χ3n) is 11.7. The van der Waals surface area contributed by atoms with E-state index < -0.39 is 24.2 Å². The van der Waals surface area contributed by atoms with E-state index in [1.807, 2.05) is 77.2 Å². The minimum absolute atomic E-state index is 0.00905. The SMILES string of the molecule is CC(=CC(C(C)C)N(C)C(=O)[C@@H](NC(=O)[C@H]1CCCCN1C)C(C)C)C(=O)N1CCC[C@H]1C(=O)OC(CN1CCN(c2ccccc2)CC1)c1ccccc1. The summed E-state index contributed by atoms with van der Waals surface area (Å²) in [5.41, 5.74) is 2.62. The van der Waals surface area contributed by atoms with E-state index in [0.29, 0.717) is 31.5 Å². The molecule has 2 aromatic rings. The van der Waals surface area contributed by atoms with Crippen LogP contribution in [0.25, 0.3) is 0 Å². The number of ether oxygens (including phenoxy) is 1. The molecule has 3 aliphatic heterocycles. The fourth-order valence-corrected chi connectivity index (χ4v) is 8.26. The van der Waals surface area contributed by atoms with E-state index in [4.69, 9.17) is 4.74 Å². The quantitative estimate of drug-likeness (QED) is 0.209. The Morgan fingerprint density at radius 2 is 1.45 bits per heavy atom. The minimum Gasteiger partial charge on any atom is -0.455 e. The van der Waals surface area contributed by atoms with Crippen molar-refractivity contribution in [3.63, 3.8) is 0 Å². The zero-order valence-electron chi connectivity index (χ0n) is 34.2. The van der Waals surface area contributed by atoms with Crippen molar-refractivity contribution in [1.29, 1.82) is 0 Å². The van der Waals surface area contributed by atoms with Crippen LogP contribution in [0.3, 0.4) is 0 Å². The number of piperazine rings is 1. The van der Waals surface area contributed by atoms with Gasteiger partial charge in [0, 0.05) is 57.6 Å². The molecule has 0 radical (unpaired) electrons. The third-order valence-corrected chi connectivity index (χ3v) is 11.7. The number of likely N-dealkylation sites (N-methyl/N-ethyl adjacent to an activating group) is 2. The number of carbonyl (C=O) groups excluding carboxylic acids is 4. The van der Waals surface area contributed by atoms with Crippen LogP contribution < -0.4 is 10.2 Å². The number of hydrogen-bond acceptors (Lipinski definition) is 8. The number of piperidine rings is 1. The molecular formula is C44H64N6O5. The molecule has 11 nitrogen and oxygen atoms in total. The maximum absolute atomic E-state index is 14.1. The molecule has 0 bridgehead atoms. The smallest absolute Gasteiger partial charge is 0.329 e. The van der Waals surface area contributed by atoms with Crippen molar-refractivity contribution in [3.05, 3.63) is 77.9 Å². The number of nitrogens with one attached hydrogen (secondary N) is 1. The van der Waals surface area contributed by atoms with Crippen LogP contribution in [0, 0.1) is 11.8 Å². The van der Waals surface area contributed by atoms with Crippen molar-refractivity contribution in [1.82, 2.24) is 24.9 Å². The van der Waals surface area contributed by atoms with E-state index >= 15 is 0 Å². The molecule has 11 heteroatoms. The summed E-state index contributed by atoms with van der Waals surface area (Å²) in [6, 6.07) is 18.3. The van der Waals surface area contributed by atoms with Crippen LogP contribution in [0.2, 0.25) is 0 Å². The van der Waals surface area contributed by atoms with Crippen LogP contribution in [0.1, 0.15) is 78.4 Å². The Hall–Kier alpha value is -4.22. The summed E-state index contributed by atoms with van der Waals surface area (Å²) in [6.45, 7) is 15.1. The summed E-state index contributed by atoms with van der Waals surface area (Å²) in [5.74, 6) is -1.05. The second-order valence-corrected chi connectivity index (χ2v) is 16.4. The fraction of sp³-hybridized carbons (Fsp3) is 0.591. The maximum Gasteiger partial charge on any atom is 0.329 e. The van der Waals surface area contributed by atoms with Crippen molar-refractivity contribution in [2.75, 3.05) is 64.8 Å². The summed E-state index contributed by atoms with van der Waals surface area (Å²) < 4.78 is 6.32. The van der Waals surface area contributed by atoms with Crippen molar-refractivity contribution in [3.8, 4) is 0 Å². The topological polar surface area (TPSA) is 106 Å². The molecule has 3 saturated heterocycles. The van der Waals surface area contributed by atoms with Gasteiger partial charge in [0.2, 0.25) is 17.7 Å². The van der Waals surface area contributed by atoms with Gasteiger partial charge in [-0.05, 0) is 75.7 Å². The van der Waals surface area contributed by atoms with Gasteiger partial charge in [0.25, 0.3) is 0 Å².